The van der Waals surface area contributed by atoms with Gasteiger partial charge in [0.05, 0.1) is 39.0 Å². The van der Waals surface area contributed by atoms with Crippen LogP contribution < -0.4 is 41.0 Å². The number of aromatic nitrogens is 8. The van der Waals surface area contributed by atoms with Gasteiger partial charge in [0.25, 0.3) is 0 Å². The van der Waals surface area contributed by atoms with Crippen molar-refractivity contribution >= 4 is 41.5 Å². The number of alkyl carbamates (subject to hydrolysis) is 1. The predicted octanol–water partition coefficient (Wildman–Crippen LogP) is 7.95. The lowest BCUT2D eigenvalue weighted by atomic mass is 9.48. The number of rotatable bonds is 19. The number of nitrogens with zero attached hydrogens (tertiary/aromatic N) is 12. The van der Waals surface area contributed by atoms with Crippen LogP contribution in [0.25, 0.3) is 0 Å². The molecule has 2 aliphatic carbocycles. The Kier molecular flexibility index (Phi) is 27.3. The van der Waals surface area contributed by atoms with Crippen molar-refractivity contribution in [2.45, 2.75) is 184 Å². The van der Waals surface area contributed by atoms with Crippen molar-refractivity contribution in [3.63, 3.8) is 0 Å². The summed E-state index contributed by atoms with van der Waals surface area (Å²) in [5, 5.41) is 54.9. The maximum atomic E-state index is 12.9. The molecule has 0 bridgehead atoms. The van der Waals surface area contributed by atoms with Gasteiger partial charge < -0.3 is 70.9 Å². The monoisotopic (exact) mass is 1490 g/mol. The first-order valence-corrected chi connectivity index (χ1v) is 37.8. The summed E-state index contributed by atoms with van der Waals surface area (Å²) in [5.41, 5.74) is 4.10. The van der Waals surface area contributed by atoms with Crippen molar-refractivity contribution in [2.75, 3.05) is 104 Å². The first-order valence-electron chi connectivity index (χ1n) is 38.8. The number of hydrogen-bond donors (Lipinski definition) is 8. The Morgan fingerprint density at radius 2 is 1.02 bits per heavy atom. The molecule has 0 unspecified atom stereocenters. The highest BCUT2D eigenvalue weighted by Crippen LogP contribution is 2.69. The van der Waals surface area contributed by atoms with Gasteiger partial charge in [0.2, 0.25) is 0 Å². The van der Waals surface area contributed by atoms with E-state index in [-0.39, 0.29) is 42.2 Å². The maximum absolute atomic E-state index is 12.9. The molecule has 29 nitrogen and oxygen atoms in total. The number of aliphatic hydroxyl groups is 4. The topological polar surface area (TPSA) is 350 Å². The van der Waals surface area contributed by atoms with Crippen molar-refractivity contribution in [1.82, 2.24) is 64.0 Å². The molecule has 2 saturated heterocycles. The number of likely N-dealkylation sites (N-methyl/N-ethyl adjacent to an activating group) is 2. The van der Waals surface area contributed by atoms with Gasteiger partial charge in [0.15, 0.2) is 5.60 Å². The largest absolute Gasteiger partial charge is 0.497 e. The number of ether oxygens (including phenoxy) is 4. The number of nitrogens with one attached hydrogen (secondary N) is 3. The number of aliphatic hydroxyl groups excluding tert-OH is 2. The standard InChI is InChI=1S/C29H41N3O6.C22H30N2O4.2C8H13N3O.C7H6N4O.C4H11N.H2/c1-6-8-14-30-26(34)37-18-29(35)24-28(21-11-10-20(36-5)17-22(21)31(24)4)13-16-32-15-9-12-27(7-2,23(28)32)25(29)38-19(3)33;1-4-20-8-5-10-24-11-9-21(17(20)24)15-7-6-14(28-3)12-16(15)23(2)18(21)22(27,13-25)19(20)26;2*1-2-3-4-10-8(12)11-6-5-9-7-11;12-7(10-3-1-8-5-10)11-4-2-9-6-11;1-2-3-4-5;/h9-12,17,23-25,35H,6-8,13-16,18H2,1-5H3,(H,30,34);5-8,12,17-19,25-27H,4,9-11,13H2,1-3H3;2*5-7H,2-4H2,1H3,(H,10,12);1-6H;2-5H2,1H3;1H/t23-,24+,25+,27+,28+,29-;17-,18+,19+,20+,21+,22-;;;;;/m00...../s1/i;;;;;;1+1D. The van der Waals surface area contributed by atoms with Crippen LogP contribution in [-0.2, 0) is 25.1 Å². The van der Waals surface area contributed by atoms with Crippen LogP contribution in [0.2, 0.25) is 0 Å². The van der Waals surface area contributed by atoms with E-state index in [1.54, 1.807) is 63.8 Å². The van der Waals surface area contributed by atoms with Crippen molar-refractivity contribution in [1.29, 1.82) is 0 Å². The zero-order chi connectivity index (χ0) is 79.3. The molecule has 6 aromatic rings. The van der Waals surface area contributed by atoms with Crippen molar-refractivity contribution < 1.29 is 66.3 Å². The summed E-state index contributed by atoms with van der Waals surface area (Å²) >= 11 is 0. The number of carbonyl (C=O) groups excluding carboxylic acids is 5. The molecule has 4 fully saturated rings. The second kappa shape index (κ2) is 36.3. The second-order valence-corrected chi connectivity index (χ2v) is 28.8. The van der Waals surface area contributed by atoms with E-state index in [0.717, 1.165) is 126 Å². The zero-order valence-electron chi connectivity index (χ0n) is 66.1. The number of methoxy groups -OCH3 is 2. The Labute approximate surface area is 631 Å². The molecule has 4 aromatic heterocycles. The van der Waals surface area contributed by atoms with Gasteiger partial charge in [-0.15, -0.1) is 0 Å². The van der Waals surface area contributed by atoms with E-state index >= 15 is 0 Å². The predicted molar refractivity (Wildman–Crippen MR) is 409 cm³/mol. The number of carbonyl (C=O) groups is 5. The van der Waals surface area contributed by atoms with Crippen molar-refractivity contribution in [3.8, 4) is 11.5 Å². The summed E-state index contributed by atoms with van der Waals surface area (Å²) < 4.78 is 38.4. The second-order valence-electron chi connectivity index (χ2n) is 28.8. The number of esters is 1. The third-order valence-electron chi connectivity index (χ3n) is 22.8. The van der Waals surface area contributed by atoms with Crippen LogP contribution in [-0.4, -0.2) is 240 Å². The Morgan fingerprint density at radius 3 is 1.40 bits per heavy atom. The Bertz CT molecular complexity index is 3840. The molecule has 6 aliphatic heterocycles. The first-order chi connectivity index (χ1) is 52.6. The third-order valence-corrected chi connectivity index (χ3v) is 22.8. The highest BCUT2D eigenvalue weighted by atomic mass is 16.6. The smallest absolute Gasteiger partial charge is 0.407 e. The highest BCUT2D eigenvalue weighted by molar-refractivity contribution is 5.79. The summed E-state index contributed by atoms with van der Waals surface area (Å²) in [6.07, 6.45) is 36.0. The summed E-state index contributed by atoms with van der Waals surface area (Å²) in [5.74, 6) is 1.04. The van der Waals surface area contributed by atoms with Crippen LogP contribution in [0.4, 0.5) is 30.6 Å². The molecule has 2 aromatic carbocycles. The van der Waals surface area contributed by atoms with Crippen LogP contribution in [0, 0.1) is 10.8 Å². The molecular formula is C78H116N16O13. The molecule has 12 atom stereocenters. The molecule has 3 amide bonds. The average molecular weight is 1490 g/mol. The fourth-order valence-corrected chi connectivity index (χ4v) is 18.2. The highest BCUT2D eigenvalue weighted by Gasteiger charge is 2.79. The molecule has 10 heterocycles. The van der Waals surface area contributed by atoms with E-state index in [1.807, 2.05) is 45.3 Å². The van der Waals surface area contributed by atoms with Gasteiger partial charge in [-0.1, -0.05) is 104 Å². The number of amides is 3. The molecule has 107 heavy (non-hydrogen) atoms. The van der Waals surface area contributed by atoms with Crippen LogP contribution in [0.15, 0.2) is 136 Å². The van der Waals surface area contributed by atoms with Crippen LogP contribution in [0.3, 0.4) is 0 Å². The summed E-state index contributed by atoms with van der Waals surface area (Å²) in [4.78, 5) is 83.2. The minimum atomic E-state index is -1.68. The van der Waals surface area contributed by atoms with Gasteiger partial charge in [0.1, 0.15) is 55.1 Å². The van der Waals surface area contributed by atoms with Gasteiger partial charge >= 0.3 is 30.2 Å². The normalized spacial score (nSPS) is 27.6. The summed E-state index contributed by atoms with van der Waals surface area (Å²) in [7, 11) is 7.23. The number of unbranched alkanes of at least 4 members (excludes halogenated alkanes) is 4. The number of hydrogen-bond acceptors (Lipinski definition) is 22. The lowest BCUT2D eigenvalue weighted by Crippen LogP contribution is -2.80. The fraction of sp³-hybridized carbons (Fsp3) is 0.577. The minimum absolute atomic E-state index is 0.00454. The molecule has 586 valence electrons. The average Bonchev–Trinajstić information content (AvgIpc) is 1.51. The quantitative estimate of drug-likeness (QED) is 0.0216. The molecule has 2 saturated carbocycles. The van der Waals surface area contributed by atoms with E-state index in [2.05, 4.69) is 127 Å². The number of benzene rings is 2. The van der Waals surface area contributed by atoms with Gasteiger partial charge in [-0.05, 0) is 94.3 Å². The lowest BCUT2D eigenvalue weighted by Gasteiger charge is -2.64. The van der Waals surface area contributed by atoms with E-state index in [1.165, 1.54) is 68.9 Å². The molecule has 8 aliphatic rings. The Hall–Kier alpha value is -8.97. The minimum Gasteiger partial charge on any atom is -0.497 e. The van der Waals surface area contributed by atoms with Crippen molar-refractivity contribution in [3.05, 3.63) is 147 Å². The SMILES string of the molecule is CCCCN.CCCCNC(=O)OC[C@@]1(O)[C@H](OC(C)=O)[C@]2(CC)C=CCN3CC[C@@]4(c5ccc(OC)cc5N(C)[C@@H]14)[C@@H]32.CCCCNC(=O)n1ccnc1.CCCCNC(=O)n1ccnc1.CC[C@]12C=CCN3CC[C@@]4(c5ccc(OC)cc5N(C)[C@H]4[C@@](O)(CO)[C@@H]1O)[C@@H]32.O=C(n1ccnc1)n1ccnc1.[2H][2H]. The summed E-state index contributed by atoms with van der Waals surface area (Å²) in [6.45, 7) is 19.4. The molecule has 0 radical (unpaired) electrons. The molecule has 9 N–H and O–H groups in total. The maximum Gasteiger partial charge on any atom is 0.407 e. The number of nitrogens with two attached hydrogens (primary N) is 1. The van der Waals surface area contributed by atoms with Crippen LogP contribution >= 0.6 is 0 Å². The van der Waals surface area contributed by atoms with E-state index in [0.29, 0.717) is 19.4 Å². The molecule has 29 heteroatoms. The van der Waals surface area contributed by atoms with Crippen LogP contribution in [0.1, 0.15) is 140 Å². The molecule has 2 spiro atoms. The van der Waals surface area contributed by atoms with E-state index in [9.17, 15) is 44.4 Å². The molecular weight excluding hydrogens is 1370 g/mol. The summed E-state index contributed by atoms with van der Waals surface area (Å²) in [6, 6.07) is 11.0. The molecule has 14 rings (SSSR count). The van der Waals surface area contributed by atoms with E-state index in [4.69, 9.17) is 27.7 Å². The van der Waals surface area contributed by atoms with E-state index < -0.39 is 70.4 Å². The van der Waals surface area contributed by atoms with Gasteiger partial charge in [-0.25, -0.2) is 39.1 Å². The Balaban J connectivity index is 0.000000182. The zero-order valence-corrected chi connectivity index (χ0v) is 64.1. The Morgan fingerprint density at radius 1 is 0.598 bits per heavy atom. The number of imidazole rings is 4. The number of fused-ring (bicyclic) bond motifs is 2. The van der Waals surface area contributed by atoms with Crippen molar-refractivity contribution in [2.24, 2.45) is 16.6 Å². The van der Waals surface area contributed by atoms with Gasteiger partial charge in [-0.2, -0.15) is 0 Å². The third kappa shape index (κ3) is 15.9. The van der Waals surface area contributed by atoms with Gasteiger partial charge in [0, 0.05) is 164 Å². The van der Waals surface area contributed by atoms with Gasteiger partial charge in [-0.3, -0.25) is 32.9 Å². The lowest BCUT2D eigenvalue weighted by molar-refractivity contribution is -0.228. The first kappa shape index (κ1) is 80.6. The fourth-order valence-electron chi connectivity index (χ4n) is 18.2. The van der Waals surface area contributed by atoms with Crippen LogP contribution in [0.5, 0.6) is 11.5 Å². The number of anilines is 2.